The van der Waals surface area contributed by atoms with Crippen LogP contribution in [0.25, 0.3) is 16.5 Å². The van der Waals surface area contributed by atoms with Crippen LogP contribution in [0, 0.1) is 0 Å². The molecule has 1 N–H and O–H groups in total. The smallest absolute Gasteiger partial charge is 0.300 e. The van der Waals surface area contributed by atoms with Gasteiger partial charge in [-0.2, -0.15) is 0 Å². The molecule has 4 aromatic rings. The first-order valence-corrected chi connectivity index (χ1v) is 11.1. The van der Waals surface area contributed by atoms with Gasteiger partial charge in [0.05, 0.1) is 18.7 Å². The van der Waals surface area contributed by atoms with Crippen LogP contribution in [0.4, 0.5) is 5.69 Å². The summed E-state index contributed by atoms with van der Waals surface area (Å²) in [7, 11) is 1.52. The van der Waals surface area contributed by atoms with Crippen molar-refractivity contribution >= 4 is 45.5 Å². The van der Waals surface area contributed by atoms with Crippen molar-refractivity contribution in [3.05, 3.63) is 113 Å². The van der Waals surface area contributed by atoms with Crippen LogP contribution in [0.3, 0.4) is 0 Å². The lowest BCUT2D eigenvalue weighted by Gasteiger charge is -2.26. The summed E-state index contributed by atoms with van der Waals surface area (Å²) < 4.78 is 5.28. The van der Waals surface area contributed by atoms with Crippen LogP contribution >= 0.6 is 11.6 Å². The summed E-state index contributed by atoms with van der Waals surface area (Å²) in [6.07, 6.45) is 0. The summed E-state index contributed by atoms with van der Waals surface area (Å²) in [5.41, 5.74) is 1.65. The van der Waals surface area contributed by atoms with E-state index in [0.717, 1.165) is 16.3 Å². The Morgan fingerprint density at radius 1 is 0.912 bits per heavy atom. The number of ether oxygens (including phenoxy) is 1. The Balaban J connectivity index is 1.80. The third-order valence-corrected chi connectivity index (χ3v) is 6.26. The van der Waals surface area contributed by atoms with Gasteiger partial charge in [-0.1, -0.05) is 66.2 Å². The number of carbonyl (C=O) groups excluding carboxylic acids is 2. The minimum atomic E-state index is -0.835. The number of Topliss-reactive ketones (excluding diaryl/α,β-unsaturated/α-hetero) is 1. The second-order valence-corrected chi connectivity index (χ2v) is 8.38. The number of methoxy groups -OCH3 is 1. The van der Waals surface area contributed by atoms with Gasteiger partial charge in [0.1, 0.15) is 11.5 Å². The van der Waals surface area contributed by atoms with E-state index in [4.69, 9.17) is 16.3 Å². The molecule has 0 radical (unpaired) electrons. The fourth-order valence-electron chi connectivity index (χ4n) is 4.41. The molecule has 5 nitrogen and oxygen atoms in total. The van der Waals surface area contributed by atoms with E-state index in [0.29, 0.717) is 22.0 Å². The average molecular weight is 470 g/mol. The van der Waals surface area contributed by atoms with Crippen molar-refractivity contribution < 1.29 is 19.4 Å². The van der Waals surface area contributed by atoms with Gasteiger partial charge in [0, 0.05) is 16.3 Å². The van der Waals surface area contributed by atoms with Gasteiger partial charge >= 0.3 is 0 Å². The number of anilines is 1. The normalized spacial score (nSPS) is 17.4. The zero-order valence-corrected chi connectivity index (χ0v) is 19.0. The van der Waals surface area contributed by atoms with Gasteiger partial charge in [0.25, 0.3) is 11.7 Å². The van der Waals surface area contributed by atoms with E-state index in [9.17, 15) is 14.7 Å². The number of ketones is 1. The highest BCUT2D eigenvalue weighted by Crippen LogP contribution is 2.44. The molecule has 168 valence electrons. The maximum absolute atomic E-state index is 13.4. The Morgan fingerprint density at radius 2 is 1.62 bits per heavy atom. The molecule has 0 aliphatic carbocycles. The molecule has 0 aromatic heterocycles. The lowest BCUT2D eigenvalue weighted by Crippen LogP contribution is -2.29. The van der Waals surface area contributed by atoms with E-state index in [-0.39, 0.29) is 11.3 Å². The van der Waals surface area contributed by atoms with Crippen LogP contribution in [0.15, 0.2) is 96.6 Å². The molecule has 1 heterocycles. The maximum atomic E-state index is 13.4. The highest BCUT2D eigenvalue weighted by Gasteiger charge is 2.47. The summed E-state index contributed by atoms with van der Waals surface area (Å²) in [6.45, 7) is 0. The van der Waals surface area contributed by atoms with Gasteiger partial charge < -0.3 is 9.84 Å². The molecular formula is C28H20ClNO4. The first-order chi connectivity index (χ1) is 16.5. The molecule has 0 bridgehead atoms. The minimum Gasteiger partial charge on any atom is -0.507 e. The fourth-order valence-corrected chi connectivity index (χ4v) is 4.54. The number of halogens is 1. The number of aliphatic hydroxyl groups is 1. The molecule has 1 fully saturated rings. The van der Waals surface area contributed by atoms with E-state index in [1.165, 1.54) is 12.0 Å². The lowest BCUT2D eigenvalue weighted by molar-refractivity contribution is -0.132. The molecule has 1 atom stereocenters. The summed E-state index contributed by atoms with van der Waals surface area (Å²) in [5.74, 6) is -1.21. The number of aliphatic hydroxyl groups excluding tert-OH is 1. The Bertz CT molecular complexity index is 1450. The SMILES string of the molecule is COc1cccc(/C(O)=C2/C(=O)C(=O)N(c3ccc(Cl)cc3)C2c2cccc3ccccc23)c1. The van der Waals surface area contributed by atoms with Crippen molar-refractivity contribution in [3.8, 4) is 5.75 Å². The summed E-state index contributed by atoms with van der Waals surface area (Å²) in [4.78, 5) is 28.2. The average Bonchev–Trinajstić information content (AvgIpc) is 3.14. The van der Waals surface area contributed by atoms with E-state index in [2.05, 4.69) is 0 Å². The van der Waals surface area contributed by atoms with E-state index < -0.39 is 17.7 Å². The number of benzene rings is 4. The van der Waals surface area contributed by atoms with Crippen molar-refractivity contribution in [2.24, 2.45) is 0 Å². The topological polar surface area (TPSA) is 66.8 Å². The molecule has 34 heavy (non-hydrogen) atoms. The lowest BCUT2D eigenvalue weighted by atomic mass is 9.91. The predicted octanol–water partition coefficient (Wildman–Crippen LogP) is 6.13. The zero-order chi connectivity index (χ0) is 23.8. The van der Waals surface area contributed by atoms with Crippen molar-refractivity contribution in [1.82, 2.24) is 0 Å². The molecule has 5 rings (SSSR count). The Kier molecular flexibility index (Phi) is 5.56. The van der Waals surface area contributed by atoms with E-state index in [1.54, 1.807) is 48.5 Å². The molecule has 1 unspecified atom stereocenters. The van der Waals surface area contributed by atoms with Crippen LogP contribution in [-0.4, -0.2) is 23.9 Å². The second-order valence-electron chi connectivity index (χ2n) is 7.95. The van der Waals surface area contributed by atoms with Crippen LogP contribution in [0.1, 0.15) is 17.2 Å². The third kappa shape index (κ3) is 3.60. The van der Waals surface area contributed by atoms with Gasteiger partial charge in [0.2, 0.25) is 0 Å². The number of fused-ring (bicyclic) bond motifs is 1. The molecule has 1 aliphatic heterocycles. The van der Waals surface area contributed by atoms with Crippen molar-refractivity contribution in [2.45, 2.75) is 6.04 Å². The van der Waals surface area contributed by atoms with Gasteiger partial charge in [-0.15, -0.1) is 0 Å². The monoisotopic (exact) mass is 469 g/mol. The minimum absolute atomic E-state index is 0.0181. The molecule has 0 saturated carbocycles. The number of amides is 1. The quantitative estimate of drug-likeness (QED) is 0.222. The number of hydrogen-bond donors (Lipinski definition) is 1. The largest absolute Gasteiger partial charge is 0.507 e. The number of carbonyl (C=O) groups is 2. The van der Waals surface area contributed by atoms with Gasteiger partial charge in [-0.3, -0.25) is 14.5 Å². The van der Waals surface area contributed by atoms with Gasteiger partial charge in [-0.25, -0.2) is 0 Å². The molecule has 4 aromatic carbocycles. The number of rotatable bonds is 4. The third-order valence-electron chi connectivity index (χ3n) is 6.01. The second kappa shape index (κ2) is 8.69. The Morgan fingerprint density at radius 3 is 2.38 bits per heavy atom. The van der Waals surface area contributed by atoms with Crippen LogP contribution in [-0.2, 0) is 9.59 Å². The molecule has 1 amide bonds. The van der Waals surface area contributed by atoms with Crippen LogP contribution in [0.5, 0.6) is 5.75 Å². The standard InChI is InChI=1S/C28H20ClNO4/c1-34-21-9-4-8-18(16-21)26(31)24-25(23-11-5-7-17-6-2-3-10-22(17)23)30(28(33)27(24)32)20-14-12-19(29)13-15-20/h2-16,25,31H,1H3/b26-24-. The van der Waals surface area contributed by atoms with Crippen LogP contribution < -0.4 is 9.64 Å². The van der Waals surface area contributed by atoms with Gasteiger partial charge in [-0.05, 0) is 52.7 Å². The number of nitrogens with zero attached hydrogens (tertiary/aromatic N) is 1. The zero-order valence-electron chi connectivity index (χ0n) is 18.2. The Labute approximate surface area is 201 Å². The molecule has 6 heteroatoms. The number of hydrogen-bond acceptors (Lipinski definition) is 4. The molecule has 0 spiro atoms. The predicted molar refractivity (Wildman–Crippen MR) is 133 cm³/mol. The Hall–Kier alpha value is -4.09. The van der Waals surface area contributed by atoms with Crippen molar-refractivity contribution in [1.29, 1.82) is 0 Å². The molecular weight excluding hydrogens is 450 g/mol. The van der Waals surface area contributed by atoms with Crippen molar-refractivity contribution in [2.75, 3.05) is 12.0 Å². The first-order valence-electron chi connectivity index (χ1n) is 10.7. The first kappa shape index (κ1) is 21.7. The van der Waals surface area contributed by atoms with Gasteiger partial charge in [0.15, 0.2) is 0 Å². The highest BCUT2D eigenvalue weighted by molar-refractivity contribution is 6.52. The van der Waals surface area contributed by atoms with E-state index >= 15 is 0 Å². The molecule has 1 saturated heterocycles. The van der Waals surface area contributed by atoms with E-state index in [1.807, 2.05) is 42.5 Å². The molecule has 1 aliphatic rings. The highest BCUT2D eigenvalue weighted by atomic mass is 35.5. The summed E-state index contributed by atoms with van der Waals surface area (Å²) >= 11 is 6.07. The maximum Gasteiger partial charge on any atom is 0.300 e. The van der Waals surface area contributed by atoms with Crippen molar-refractivity contribution in [3.63, 3.8) is 0 Å². The van der Waals surface area contributed by atoms with Crippen LogP contribution in [0.2, 0.25) is 5.02 Å². The summed E-state index contributed by atoms with van der Waals surface area (Å²) in [6, 6.07) is 26.1. The summed E-state index contributed by atoms with van der Waals surface area (Å²) in [5, 5.41) is 13.7. The fraction of sp³-hybridized carbons (Fsp3) is 0.0714.